The Balaban J connectivity index is 1.19. The van der Waals surface area contributed by atoms with Gasteiger partial charge in [-0.2, -0.15) is 0 Å². The van der Waals surface area contributed by atoms with Gasteiger partial charge >= 0.3 is 0 Å². The molecule has 2 aliphatic heterocycles. The number of likely N-dealkylation sites (N-methyl/N-ethyl adjacent to an activating group) is 1. The summed E-state index contributed by atoms with van der Waals surface area (Å²) in [5, 5.41) is 10.6. The van der Waals surface area contributed by atoms with E-state index in [0.29, 0.717) is 6.04 Å². The fourth-order valence-electron chi connectivity index (χ4n) is 4.29. The van der Waals surface area contributed by atoms with Crippen molar-refractivity contribution >= 4 is 22.3 Å². The highest BCUT2D eigenvalue weighted by Crippen LogP contribution is 2.24. The zero-order valence-electron chi connectivity index (χ0n) is 18.9. The van der Waals surface area contributed by atoms with Gasteiger partial charge in [-0.15, -0.1) is 11.3 Å². The molecule has 0 atom stereocenters. The number of guanidine groups is 1. The van der Waals surface area contributed by atoms with Gasteiger partial charge in [0.05, 0.1) is 5.00 Å². The second-order valence-corrected chi connectivity index (χ2v) is 9.60. The van der Waals surface area contributed by atoms with Gasteiger partial charge < -0.3 is 20.4 Å². The average molecular weight is 441 g/mol. The van der Waals surface area contributed by atoms with E-state index in [4.69, 9.17) is 0 Å². The molecule has 0 aliphatic carbocycles. The minimum absolute atomic E-state index is 0.480. The van der Waals surface area contributed by atoms with Crippen molar-refractivity contribution in [3.05, 3.63) is 52.9 Å². The second kappa shape index (κ2) is 11.0. The number of piperidine rings is 1. The quantitative estimate of drug-likeness (QED) is 0.534. The third-order valence-corrected chi connectivity index (χ3v) is 7.29. The van der Waals surface area contributed by atoms with Gasteiger partial charge in [0.25, 0.3) is 0 Å². The van der Waals surface area contributed by atoms with Crippen LogP contribution in [-0.2, 0) is 13.1 Å². The van der Waals surface area contributed by atoms with Crippen LogP contribution in [0.5, 0.6) is 0 Å². The van der Waals surface area contributed by atoms with Gasteiger partial charge in [-0.1, -0.05) is 24.3 Å². The van der Waals surface area contributed by atoms with E-state index in [1.165, 1.54) is 29.2 Å². The van der Waals surface area contributed by atoms with E-state index in [1.54, 1.807) is 0 Å². The van der Waals surface area contributed by atoms with Crippen molar-refractivity contribution in [3.8, 4) is 0 Å². The lowest BCUT2D eigenvalue weighted by molar-refractivity contribution is 0.148. The minimum atomic E-state index is 0.480. The van der Waals surface area contributed by atoms with Crippen molar-refractivity contribution in [3.63, 3.8) is 0 Å². The molecule has 2 aromatic rings. The lowest BCUT2D eigenvalue weighted by atomic mass is 10.1. The standard InChI is InChI=1S/C24H36N6S/c1-25-24(27-22-9-11-30(12-10-22)23-4-3-17-31-23)26-18-20-5-7-21(8-6-20)19-29-15-13-28(2)14-16-29/h3-8,17,22H,9-16,18-19H2,1-2H3,(H2,25,26,27). The molecule has 0 saturated carbocycles. The number of rotatable bonds is 6. The zero-order valence-corrected chi connectivity index (χ0v) is 19.7. The van der Waals surface area contributed by atoms with Gasteiger partial charge in [0.1, 0.15) is 0 Å². The number of nitrogens with one attached hydrogen (secondary N) is 2. The highest BCUT2D eigenvalue weighted by atomic mass is 32.1. The van der Waals surface area contributed by atoms with E-state index in [2.05, 4.69) is 79.2 Å². The smallest absolute Gasteiger partial charge is 0.191 e. The van der Waals surface area contributed by atoms with Crippen LogP contribution in [0.4, 0.5) is 5.00 Å². The van der Waals surface area contributed by atoms with E-state index in [1.807, 2.05) is 18.4 Å². The first-order chi connectivity index (χ1) is 15.2. The lowest BCUT2D eigenvalue weighted by Gasteiger charge is -2.33. The molecule has 4 rings (SSSR count). The van der Waals surface area contributed by atoms with Crippen LogP contribution in [0.2, 0.25) is 0 Å². The molecule has 168 valence electrons. The van der Waals surface area contributed by atoms with E-state index in [-0.39, 0.29) is 0 Å². The predicted octanol–water partition coefficient (Wildman–Crippen LogP) is 2.83. The van der Waals surface area contributed by atoms with E-state index in [0.717, 1.165) is 58.1 Å². The summed E-state index contributed by atoms with van der Waals surface area (Å²) in [5.74, 6) is 0.899. The molecule has 1 aromatic heterocycles. The topological polar surface area (TPSA) is 46.1 Å². The first-order valence-electron chi connectivity index (χ1n) is 11.4. The minimum Gasteiger partial charge on any atom is -0.363 e. The molecule has 2 aliphatic rings. The fraction of sp³-hybridized carbons (Fsp3) is 0.542. The second-order valence-electron chi connectivity index (χ2n) is 8.68. The maximum Gasteiger partial charge on any atom is 0.191 e. The number of aliphatic imine (C=N–C) groups is 1. The summed E-state index contributed by atoms with van der Waals surface area (Å²) in [6.45, 7) is 8.70. The summed E-state index contributed by atoms with van der Waals surface area (Å²) in [6, 6.07) is 13.9. The van der Waals surface area contributed by atoms with Gasteiger partial charge in [0.2, 0.25) is 0 Å². The maximum atomic E-state index is 4.44. The van der Waals surface area contributed by atoms with Crippen LogP contribution in [0.3, 0.4) is 0 Å². The Morgan fingerprint density at radius 1 is 1.00 bits per heavy atom. The average Bonchev–Trinajstić information content (AvgIpc) is 3.34. The van der Waals surface area contributed by atoms with Crippen LogP contribution in [0.1, 0.15) is 24.0 Å². The van der Waals surface area contributed by atoms with Crippen LogP contribution in [0, 0.1) is 0 Å². The van der Waals surface area contributed by atoms with Gasteiger partial charge in [0, 0.05) is 65.4 Å². The molecule has 0 radical (unpaired) electrons. The number of hydrogen-bond donors (Lipinski definition) is 2. The highest BCUT2D eigenvalue weighted by molar-refractivity contribution is 7.14. The first-order valence-corrected chi connectivity index (χ1v) is 12.3. The van der Waals surface area contributed by atoms with Crippen molar-refractivity contribution in [2.75, 3.05) is 58.3 Å². The SMILES string of the molecule is CN=C(NCc1ccc(CN2CCN(C)CC2)cc1)NC1CCN(c2cccs2)CC1. The van der Waals surface area contributed by atoms with E-state index >= 15 is 0 Å². The molecule has 6 nitrogen and oxygen atoms in total. The molecule has 3 heterocycles. The fourth-order valence-corrected chi connectivity index (χ4v) is 5.08. The Labute approximate surface area is 191 Å². The summed E-state index contributed by atoms with van der Waals surface area (Å²) >= 11 is 1.83. The molecule has 2 N–H and O–H groups in total. The first kappa shape index (κ1) is 22.1. The molecule has 0 amide bonds. The van der Waals surface area contributed by atoms with Crippen LogP contribution >= 0.6 is 11.3 Å². The highest BCUT2D eigenvalue weighted by Gasteiger charge is 2.20. The molecular formula is C24H36N6S. The summed E-state index contributed by atoms with van der Waals surface area (Å²) in [4.78, 5) is 11.9. The summed E-state index contributed by atoms with van der Waals surface area (Å²) < 4.78 is 0. The molecule has 0 unspecified atom stereocenters. The molecule has 1 aromatic carbocycles. The van der Waals surface area contributed by atoms with E-state index in [9.17, 15) is 0 Å². The van der Waals surface area contributed by atoms with Gasteiger partial charge in [-0.3, -0.25) is 9.89 Å². The van der Waals surface area contributed by atoms with Crippen molar-refractivity contribution < 1.29 is 0 Å². The molecular weight excluding hydrogens is 404 g/mol. The number of hydrogen-bond acceptors (Lipinski definition) is 5. The number of nitrogens with zero attached hydrogens (tertiary/aromatic N) is 4. The summed E-state index contributed by atoms with van der Waals surface area (Å²) in [5.41, 5.74) is 2.69. The molecule has 7 heteroatoms. The molecule has 0 spiro atoms. The van der Waals surface area contributed by atoms with Crippen molar-refractivity contribution in [2.24, 2.45) is 4.99 Å². The van der Waals surface area contributed by atoms with Gasteiger partial charge in [0.15, 0.2) is 5.96 Å². The maximum absolute atomic E-state index is 4.44. The Kier molecular flexibility index (Phi) is 7.83. The molecule has 31 heavy (non-hydrogen) atoms. The number of piperazine rings is 1. The van der Waals surface area contributed by atoms with Crippen LogP contribution in [0.15, 0.2) is 46.8 Å². The van der Waals surface area contributed by atoms with E-state index < -0.39 is 0 Å². The third-order valence-electron chi connectivity index (χ3n) is 6.36. The van der Waals surface area contributed by atoms with Crippen LogP contribution in [-0.4, -0.2) is 75.2 Å². The normalized spacial score (nSPS) is 19.5. The van der Waals surface area contributed by atoms with Crippen molar-refractivity contribution in [1.82, 2.24) is 20.4 Å². The van der Waals surface area contributed by atoms with Crippen LogP contribution in [0.25, 0.3) is 0 Å². The molecule has 2 fully saturated rings. The van der Waals surface area contributed by atoms with Crippen molar-refractivity contribution in [1.29, 1.82) is 0 Å². The third kappa shape index (κ3) is 6.45. The Hall–Kier alpha value is -2.09. The Morgan fingerprint density at radius 3 is 2.35 bits per heavy atom. The predicted molar refractivity (Wildman–Crippen MR) is 132 cm³/mol. The van der Waals surface area contributed by atoms with Crippen molar-refractivity contribution in [2.45, 2.75) is 32.0 Å². The Morgan fingerprint density at radius 2 is 1.71 bits per heavy atom. The number of anilines is 1. The lowest BCUT2D eigenvalue weighted by Crippen LogP contribution is -2.48. The van der Waals surface area contributed by atoms with Gasteiger partial charge in [-0.25, -0.2) is 0 Å². The molecule has 2 saturated heterocycles. The largest absolute Gasteiger partial charge is 0.363 e. The number of thiophene rings is 1. The van der Waals surface area contributed by atoms with Gasteiger partial charge in [-0.05, 0) is 48.5 Å². The monoisotopic (exact) mass is 440 g/mol. The zero-order chi connectivity index (χ0) is 21.5. The number of benzene rings is 1. The Bertz CT molecular complexity index is 803. The summed E-state index contributed by atoms with van der Waals surface area (Å²) in [6.07, 6.45) is 2.28. The summed E-state index contributed by atoms with van der Waals surface area (Å²) in [7, 11) is 4.06. The molecule has 0 bridgehead atoms. The van der Waals surface area contributed by atoms with Crippen LogP contribution < -0.4 is 15.5 Å².